The number of rotatable bonds is 2. The lowest BCUT2D eigenvalue weighted by Crippen LogP contribution is -2.23. The molecule has 0 saturated heterocycles. The van der Waals surface area contributed by atoms with Gasteiger partial charge in [0.1, 0.15) is 0 Å². The maximum absolute atomic E-state index is 12.5. The van der Waals surface area contributed by atoms with Crippen LogP contribution in [0.5, 0.6) is 0 Å². The molecule has 0 heterocycles. The lowest BCUT2D eigenvalue weighted by molar-refractivity contribution is -0.148. The number of aryl methyl sites for hydroxylation is 1. The molecule has 1 aromatic carbocycles. The van der Waals surface area contributed by atoms with Crippen LogP contribution in [0.3, 0.4) is 0 Å². The quantitative estimate of drug-likeness (QED) is 0.612. The third-order valence-electron chi connectivity index (χ3n) is 3.75. The Balaban J connectivity index is 2.33. The minimum Gasteiger partial charge on any atom is -0.466 e. The molecule has 3 nitrogen and oxygen atoms in total. The molecule has 20 heavy (non-hydrogen) atoms. The molecular weight excluding hydrogens is 252 g/mol. The molecule has 1 unspecified atom stereocenters. The Morgan fingerprint density at radius 3 is 2.85 bits per heavy atom. The Morgan fingerprint density at radius 2 is 2.15 bits per heavy atom. The summed E-state index contributed by atoms with van der Waals surface area (Å²) < 4.78 is 5.12. The number of carbonyl (C=O) groups is 2. The summed E-state index contributed by atoms with van der Waals surface area (Å²) in [6.45, 7) is 4.03. The Morgan fingerprint density at radius 1 is 1.40 bits per heavy atom. The van der Waals surface area contributed by atoms with Crippen LogP contribution in [0.2, 0.25) is 0 Å². The zero-order chi connectivity index (χ0) is 14.5. The van der Waals surface area contributed by atoms with Crippen LogP contribution < -0.4 is 0 Å². The summed E-state index contributed by atoms with van der Waals surface area (Å²) >= 11 is 0. The van der Waals surface area contributed by atoms with Crippen molar-refractivity contribution >= 4 is 11.8 Å². The number of ketones is 1. The maximum Gasteiger partial charge on any atom is 0.309 e. The molecule has 0 aliphatic heterocycles. The second-order valence-corrected chi connectivity index (χ2v) is 4.99. The fraction of sp³-hybridized carbons (Fsp3) is 0.412. The molecule has 1 aliphatic rings. The van der Waals surface area contributed by atoms with E-state index >= 15 is 0 Å². The molecule has 106 valence electrons. The van der Waals surface area contributed by atoms with E-state index in [1.165, 1.54) is 0 Å². The van der Waals surface area contributed by atoms with Crippen LogP contribution in [0.25, 0.3) is 0 Å². The molecule has 1 atom stereocenters. The first-order chi connectivity index (χ1) is 9.67. The molecule has 1 aromatic rings. The molecule has 0 aromatic heterocycles. The summed E-state index contributed by atoms with van der Waals surface area (Å²) in [6.07, 6.45) is 3.75. The van der Waals surface area contributed by atoms with Gasteiger partial charge in [-0.05, 0) is 44.2 Å². The van der Waals surface area contributed by atoms with E-state index in [4.69, 9.17) is 4.74 Å². The van der Waals surface area contributed by atoms with Gasteiger partial charge in [-0.2, -0.15) is 0 Å². The molecule has 0 saturated carbocycles. The van der Waals surface area contributed by atoms with Crippen LogP contribution in [0.1, 0.15) is 42.6 Å². The topological polar surface area (TPSA) is 43.4 Å². The molecular formula is C17H20O3. The highest BCUT2D eigenvalue weighted by atomic mass is 16.5. The summed E-state index contributed by atoms with van der Waals surface area (Å²) in [5.41, 5.74) is 2.49. The Hall–Kier alpha value is -1.90. The van der Waals surface area contributed by atoms with Gasteiger partial charge in [-0.3, -0.25) is 9.59 Å². The fourth-order valence-corrected chi connectivity index (χ4v) is 2.63. The van der Waals surface area contributed by atoms with Gasteiger partial charge in [0.2, 0.25) is 0 Å². The van der Waals surface area contributed by atoms with E-state index in [0.29, 0.717) is 18.6 Å². The van der Waals surface area contributed by atoms with Gasteiger partial charge < -0.3 is 4.74 Å². The molecule has 0 amide bonds. The minimum absolute atomic E-state index is 0.0390. The number of allylic oxidation sites excluding steroid dienone is 2. The summed E-state index contributed by atoms with van der Waals surface area (Å²) in [4.78, 5) is 24.5. The average Bonchev–Trinajstić information content (AvgIpc) is 2.46. The van der Waals surface area contributed by atoms with Crippen molar-refractivity contribution in [3.05, 3.63) is 47.0 Å². The standard InChI is InChI=1S/C17H20O3/c1-3-12-11-14(17(19)20-4-2)10-9-13-7-5-6-8-15(13)16(12)18/h3,5-8,14H,4,9-11H2,1-2H3/b12-3+. The van der Waals surface area contributed by atoms with Gasteiger partial charge in [0.05, 0.1) is 12.5 Å². The third kappa shape index (κ3) is 2.98. The first kappa shape index (κ1) is 14.5. The Labute approximate surface area is 119 Å². The number of hydrogen-bond donors (Lipinski definition) is 0. The minimum atomic E-state index is -0.224. The molecule has 0 fully saturated rings. The van der Waals surface area contributed by atoms with Crippen LogP contribution in [0.4, 0.5) is 0 Å². The van der Waals surface area contributed by atoms with Crippen LogP contribution >= 0.6 is 0 Å². The number of Topliss-reactive ketones (excluding diaryl/α,β-unsaturated/α-hetero) is 1. The van der Waals surface area contributed by atoms with E-state index in [-0.39, 0.29) is 17.7 Å². The van der Waals surface area contributed by atoms with E-state index in [1.807, 2.05) is 37.3 Å². The summed E-state index contributed by atoms with van der Waals surface area (Å²) in [5, 5.41) is 0. The van der Waals surface area contributed by atoms with Crippen LogP contribution in [-0.4, -0.2) is 18.4 Å². The first-order valence-corrected chi connectivity index (χ1v) is 7.11. The maximum atomic E-state index is 12.5. The van der Waals surface area contributed by atoms with E-state index in [0.717, 1.165) is 24.0 Å². The zero-order valence-electron chi connectivity index (χ0n) is 12.0. The van der Waals surface area contributed by atoms with Crippen LogP contribution in [-0.2, 0) is 16.0 Å². The molecule has 0 spiro atoms. The lowest BCUT2D eigenvalue weighted by atomic mass is 9.83. The molecule has 3 heteroatoms. The SMILES string of the molecule is C/C=C1\CC(C(=O)OCC)CCc2ccccc2C1=O. The summed E-state index contributed by atoms with van der Waals surface area (Å²) in [5.74, 6) is -0.380. The highest BCUT2D eigenvalue weighted by Crippen LogP contribution is 2.28. The van der Waals surface area contributed by atoms with Crippen LogP contribution in [0, 0.1) is 5.92 Å². The first-order valence-electron chi connectivity index (χ1n) is 7.11. The summed E-state index contributed by atoms with van der Waals surface area (Å²) in [6, 6.07) is 7.65. The molecule has 1 aliphatic carbocycles. The number of fused-ring (bicyclic) bond motifs is 1. The van der Waals surface area contributed by atoms with Gasteiger partial charge in [-0.15, -0.1) is 0 Å². The summed E-state index contributed by atoms with van der Waals surface area (Å²) in [7, 11) is 0. The van der Waals surface area contributed by atoms with Crippen molar-refractivity contribution in [1.82, 2.24) is 0 Å². The van der Waals surface area contributed by atoms with Crippen molar-refractivity contribution in [2.24, 2.45) is 5.92 Å². The van der Waals surface area contributed by atoms with Crippen molar-refractivity contribution in [1.29, 1.82) is 0 Å². The van der Waals surface area contributed by atoms with E-state index < -0.39 is 0 Å². The average molecular weight is 272 g/mol. The highest BCUT2D eigenvalue weighted by Gasteiger charge is 2.27. The van der Waals surface area contributed by atoms with Gasteiger partial charge in [-0.1, -0.05) is 30.3 Å². The number of esters is 1. The predicted octanol–water partition coefficient (Wildman–Crippen LogP) is 3.33. The normalized spacial score (nSPS) is 21.0. The van der Waals surface area contributed by atoms with Crippen molar-refractivity contribution in [2.45, 2.75) is 33.1 Å². The van der Waals surface area contributed by atoms with Gasteiger partial charge in [0, 0.05) is 5.56 Å². The fourth-order valence-electron chi connectivity index (χ4n) is 2.63. The van der Waals surface area contributed by atoms with Crippen molar-refractivity contribution in [3.8, 4) is 0 Å². The van der Waals surface area contributed by atoms with Gasteiger partial charge >= 0.3 is 5.97 Å². The third-order valence-corrected chi connectivity index (χ3v) is 3.75. The van der Waals surface area contributed by atoms with E-state index in [9.17, 15) is 9.59 Å². The highest BCUT2D eigenvalue weighted by molar-refractivity contribution is 6.10. The van der Waals surface area contributed by atoms with E-state index in [1.54, 1.807) is 6.92 Å². The number of carbonyl (C=O) groups excluding carboxylic acids is 2. The molecule has 0 N–H and O–H groups in total. The molecule has 0 bridgehead atoms. The van der Waals surface area contributed by atoms with Gasteiger partial charge in [-0.25, -0.2) is 0 Å². The van der Waals surface area contributed by atoms with Gasteiger partial charge in [0.25, 0.3) is 0 Å². The number of hydrogen-bond acceptors (Lipinski definition) is 3. The van der Waals surface area contributed by atoms with E-state index in [2.05, 4.69) is 0 Å². The van der Waals surface area contributed by atoms with Crippen molar-refractivity contribution in [3.63, 3.8) is 0 Å². The Kier molecular flexibility index (Phi) is 4.72. The second-order valence-electron chi connectivity index (χ2n) is 4.99. The molecule has 0 radical (unpaired) electrons. The zero-order valence-corrected chi connectivity index (χ0v) is 12.0. The number of benzene rings is 1. The molecule has 2 rings (SSSR count). The van der Waals surface area contributed by atoms with Crippen LogP contribution in [0.15, 0.2) is 35.9 Å². The predicted molar refractivity (Wildman–Crippen MR) is 77.6 cm³/mol. The lowest BCUT2D eigenvalue weighted by Gasteiger charge is -2.21. The Bertz CT molecular complexity index is 543. The number of ether oxygens (including phenoxy) is 1. The van der Waals surface area contributed by atoms with Gasteiger partial charge in [0.15, 0.2) is 5.78 Å². The smallest absolute Gasteiger partial charge is 0.309 e. The second kappa shape index (κ2) is 6.51. The van der Waals surface area contributed by atoms with Crippen molar-refractivity contribution in [2.75, 3.05) is 6.61 Å². The monoisotopic (exact) mass is 272 g/mol. The largest absolute Gasteiger partial charge is 0.466 e. The van der Waals surface area contributed by atoms with Crippen molar-refractivity contribution < 1.29 is 14.3 Å².